The Balaban J connectivity index is 2.10. The predicted octanol–water partition coefficient (Wildman–Crippen LogP) is 4.30. The summed E-state index contributed by atoms with van der Waals surface area (Å²) in [5.41, 5.74) is 4.39. The van der Waals surface area contributed by atoms with Gasteiger partial charge in [-0.3, -0.25) is 4.79 Å². The van der Waals surface area contributed by atoms with E-state index in [-0.39, 0.29) is 5.91 Å². The number of para-hydroxylation sites is 1. The summed E-state index contributed by atoms with van der Waals surface area (Å²) in [6.45, 7) is 7.58. The van der Waals surface area contributed by atoms with Crippen molar-refractivity contribution in [1.29, 1.82) is 0 Å². The number of rotatable bonds is 6. The summed E-state index contributed by atoms with van der Waals surface area (Å²) in [7, 11) is 0. The molecular formula is C21H25NO3. The minimum Gasteiger partial charge on any atom is -0.449 e. The molecule has 0 aromatic heterocycles. The number of amides is 1. The Bertz CT molecular complexity index is 745. The first-order valence-electron chi connectivity index (χ1n) is 8.65. The third kappa shape index (κ3) is 4.69. The van der Waals surface area contributed by atoms with Crippen LogP contribution in [0.15, 0.2) is 42.5 Å². The maximum atomic E-state index is 12.5. The molecule has 1 atom stereocenters. The molecule has 1 N–H and O–H groups in total. The summed E-state index contributed by atoms with van der Waals surface area (Å²) < 4.78 is 5.32. The minimum atomic E-state index is -0.873. The largest absolute Gasteiger partial charge is 0.449 e. The van der Waals surface area contributed by atoms with E-state index in [4.69, 9.17) is 4.74 Å². The van der Waals surface area contributed by atoms with E-state index in [1.807, 2.05) is 45.0 Å². The van der Waals surface area contributed by atoms with E-state index in [0.717, 1.165) is 35.2 Å². The van der Waals surface area contributed by atoms with Gasteiger partial charge < -0.3 is 10.1 Å². The quantitative estimate of drug-likeness (QED) is 0.798. The van der Waals surface area contributed by atoms with Gasteiger partial charge in [0.05, 0.1) is 5.56 Å². The number of aryl methyl sites for hydroxylation is 3. The molecular weight excluding hydrogens is 314 g/mol. The molecule has 0 bridgehead atoms. The van der Waals surface area contributed by atoms with Gasteiger partial charge in [-0.15, -0.1) is 0 Å². The first-order chi connectivity index (χ1) is 12.0. The molecule has 0 spiro atoms. The summed E-state index contributed by atoms with van der Waals surface area (Å²) in [6.07, 6.45) is 0.768. The Morgan fingerprint density at radius 2 is 1.64 bits per heavy atom. The highest BCUT2D eigenvalue weighted by Crippen LogP contribution is 2.23. The van der Waals surface area contributed by atoms with Gasteiger partial charge in [0, 0.05) is 5.69 Å². The topological polar surface area (TPSA) is 55.4 Å². The molecule has 0 fully saturated rings. The van der Waals surface area contributed by atoms with E-state index in [1.54, 1.807) is 25.1 Å². The van der Waals surface area contributed by atoms with Crippen LogP contribution in [0.1, 0.15) is 47.8 Å². The van der Waals surface area contributed by atoms with E-state index >= 15 is 0 Å². The van der Waals surface area contributed by atoms with Crippen molar-refractivity contribution in [2.75, 3.05) is 5.32 Å². The second kappa shape index (κ2) is 8.47. The average molecular weight is 339 g/mol. The van der Waals surface area contributed by atoms with E-state index in [1.165, 1.54) is 0 Å². The van der Waals surface area contributed by atoms with Crippen molar-refractivity contribution in [3.8, 4) is 0 Å². The van der Waals surface area contributed by atoms with Crippen molar-refractivity contribution in [3.05, 3.63) is 64.7 Å². The Hall–Kier alpha value is -2.62. The van der Waals surface area contributed by atoms with Gasteiger partial charge in [-0.05, 0) is 49.9 Å². The second-order valence-electron chi connectivity index (χ2n) is 6.06. The van der Waals surface area contributed by atoms with Gasteiger partial charge in [-0.2, -0.15) is 0 Å². The number of benzene rings is 2. The third-order valence-electron chi connectivity index (χ3n) is 4.15. The van der Waals surface area contributed by atoms with Crippen molar-refractivity contribution in [1.82, 2.24) is 0 Å². The van der Waals surface area contributed by atoms with Gasteiger partial charge in [-0.1, -0.05) is 49.7 Å². The smallest absolute Gasteiger partial charge is 0.338 e. The number of hydrogen-bond donors (Lipinski definition) is 1. The van der Waals surface area contributed by atoms with Gasteiger partial charge >= 0.3 is 5.97 Å². The maximum absolute atomic E-state index is 12.5. The normalized spacial score (nSPS) is 11.7. The standard InChI is InChI=1S/C21H25NO3/c1-5-16-10-8-11-17(6-2)19(16)22-20(23)15(4)25-21(24)18-12-7-9-14(3)13-18/h7-13,15H,5-6H2,1-4H3,(H,22,23)/t15-/m1/s1. The highest BCUT2D eigenvalue weighted by Gasteiger charge is 2.20. The van der Waals surface area contributed by atoms with Crippen LogP contribution in [-0.2, 0) is 22.4 Å². The van der Waals surface area contributed by atoms with Gasteiger partial charge in [0.15, 0.2) is 6.10 Å². The summed E-state index contributed by atoms with van der Waals surface area (Å²) in [5, 5.41) is 2.93. The Morgan fingerprint density at radius 1 is 1.04 bits per heavy atom. The van der Waals surface area contributed by atoms with Crippen molar-refractivity contribution in [2.45, 2.75) is 46.6 Å². The second-order valence-corrected chi connectivity index (χ2v) is 6.06. The van der Waals surface area contributed by atoms with E-state index < -0.39 is 12.1 Å². The van der Waals surface area contributed by atoms with E-state index in [2.05, 4.69) is 5.32 Å². The summed E-state index contributed by atoms with van der Waals surface area (Å²) in [4.78, 5) is 24.7. The first kappa shape index (κ1) is 18.7. The minimum absolute atomic E-state index is 0.323. The predicted molar refractivity (Wildman–Crippen MR) is 99.9 cm³/mol. The summed E-state index contributed by atoms with van der Waals surface area (Å²) in [5.74, 6) is -0.817. The van der Waals surface area contributed by atoms with Crippen LogP contribution in [-0.4, -0.2) is 18.0 Å². The number of nitrogens with one attached hydrogen (secondary N) is 1. The first-order valence-corrected chi connectivity index (χ1v) is 8.65. The molecule has 4 heteroatoms. The molecule has 0 aliphatic rings. The van der Waals surface area contributed by atoms with Crippen LogP contribution in [0.3, 0.4) is 0 Å². The van der Waals surface area contributed by atoms with Crippen LogP contribution in [0.25, 0.3) is 0 Å². The monoisotopic (exact) mass is 339 g/mol. The Kier molecular flexibility index (Phi) is 6.34. The lowest BCUT2D eigenvalue weighted by Gasteiger charge is -2.18. The van der Waals surface area contributed by atoms with Crippen LogP contribution in [0.4, 0.5) is 5.69 Å². The molecule has 4 nitrogen and oxygen atoms in total. The number of ether oxygens (including phenoxy) is 1. The zero-order valence-electron chi connectivity index (χ0n) is 15.3. The van der Waals surface area contributed by atoms with Crippen molar-refractivity contribution in [3.63, 3.8) is 0 Å². The van der Waals surface area contributed by atoms with Crippen molar-refractivity contribution in [2.24, 2.45) is 0 Å². The number of hydrogen-bond acceptors (Lipinski definition) is 3. The zero-order chi connectivity index (χ0) is 18.4. The Labute approximate surface area is 149 Å². The van der Waals surface area contributed by atoms with Crippen molar-refractivity contribution < 1.29 is 14.3 Å². The van der Waals surface area contributed by atoms with Crippen LogP contribution in [0.2, 0.25) is 0 Å². The van der Waals surface area contributed by atoms with Gasteiger partial charge in [-0.25, -0.2) is 4.79 Å². The van der Waals surface area contributed by atoms with Crippen LogP contribution >= 0.6 is 0 Å². The molecule has 2 aromatic carbocycles. The SMILES string of the molecule is CCc1cccc(CC)c1NC(=O)[C@@H](C)OC(=O)c1cccc(C)c1. The van der Waals surface area contributed by atoms with Crippen molar-refractivity contribution >= 4 is 17.6 Å². The van der Waals surface area contributed by atoms with E-state index in [9.17, 15) is 9.59 Å². The number of esters is 1. The molecule has 0 unspecified atom stereocenters. The molecule has 0 heterocycles. The highest BCUT2D eigenvalue weighted by molar-refractivity contribution is 5.98. The molecule has 1 amide bonds. The average Bonchev–Trinajstić information content (AvgIpc) is 2.61. The highest BCUT2D eigenvalue weighted by atomic mass is 16.5. The molecule has 0 saturated carbocycles. The third-order valence-corrected chi connectivity index (χ3v) is 4.15. The molecule has 0 radical (unpaired) electrons. The fourth-order valence-electron chi connectivity index (χ4n) is 2.68. The summed E-state index contributed by atoms with van der Waals surface area (Å²) >= 11 is 0. The molecule has 25 heavy (non-hydrogen) atoms. The Morgan fingerprint density at radius 3 is 2.20 bits per heavy atom. The molecule has 2 rings (SSSR count). The number of anilines is 1. The van der Waals surface area contributed by atoms with Gasteiger partial charge in [0.2, 0.25) is 0 Å². The molecule has 132 valence electrons. The fourth-order valence-corrected chi connectivity index (χ4v) is 2.68. The lowest BCUT2D eigenvalue weighted by molar-refractivity contribution is -0.123. The fraction of sp³-hybridized carbons (Fsp3) is 0.333. The number of carbonyl (C=O) groups is 2. The van der Waals surface area contributed by atoms with Crippen LogP contribution in [0.5, 0.6) is 0 Å². The van der Waals surface area contributed by atoms with Gasteiger partial charge in [0.1, 0.15) is 0 Å². The maximum Gasteiger partial charge on any atom is 0.338 e. The van der Waals surface area contributed by atoms with Crippen LogP contribution in [0, 0.1) is 6.92 Å². The lowest BCUT2D eigenvalue weighted by atomic mass is 10.0. The van der Waals surface area contributed by atoms with E-state index in [0.29, 0.717) is 5.56 Å². The summed E-state index contributed by atoms with van der Waals surface area (Å²) in [6, 6.07) is 13.1. The van der Waals surface area contributed by atoms with Crippen LogP contribution < -0.4 is 5.32 Å². The van der Waals surface area contributed by atoms with Gasteiger partial charge in [0.25, 0.3) is 5.91 Å². The molecule has 0 aliphatic heterocycles. The number of carbonyl (C=O) groups excluding carboxylic acids is 2. The zero-order valence-corrected chi connectivity index (χ0v) is 15.3. The lowest BCUT2D eigenvalue weighted by Crippen LogP contribution is -2.30. The molecule has 0 aliphatic carbocycles. The molecule has 0 saturated heterocycles. The molecule has 2 aromatic rings.